The molecule has 0 radical (unpaired) electrons. The van der Waals surface area contributed by atoms with Crippen LogP contribution in [0.4, 0.5) is 5.69 Å². The summed E-state index contributed by atoms with van der Waals surface area (Å²) >= 11 is 0. The van der Waals surface area contributed by atoms with Gasteiger partial charge in [0.25, 0.3) is 0 Å². The van der Waals surface area contributed by atoms with Crippen molar-refractivity contribution in [2.24, 2.45) is 11.5 Å². The maximum Gasteiger partial charge on any atom is 0.237 e. The third kappa shape index (κ3) is 5.06. The number of benzene rings is 2. The Hall–Kier alpha value is -2.41. The number of nitrogens with one attached hydrogen (secondary N) is 1. The summed E-state index contributed by atoms with van der Waals surface area (Å²) in [6.45, 7) is 0.132. The molecule has 0 aliphatic carbocycles. The maximum atomic E-state index is 12.1. The van der Waals surface area contributed by atoms with Gasteiger partial charge < -0.3 is 27.6 Å². The van der Waals surface area contributed by atoms with Crippen molar-refractivity contribution in [1.29, 1.82) is 0 Å². The Morgan fingerprint density at radius 1 is 1.04 bits per heavy atom. The molecule has 0 spiro atoms. The molecule has 24 heavy (non-hydrogen) atoms. The van der Waals surface area contributed by atoms with Crippen LogP contribution < -0.4 is 22.5 Å². The largest absolute Gasteiger partial charge is 0.399 e. The van der Waals surface area contributed by atoms with Gasteiger partial charge in [-0.05, 0) is 29.7 Å². The van der Waals surface area contributed by atoms with E-state index < -0.39 is 18.2 Å². The van der Waals surface area contributed by atoms with E-state index in [9.17, 15) is 9.90 Å². The molecule has 6 nitrogen and oxygen atoms in total. The van der Waals surface area contributed by atoms with Gasteiger partial charge in [0.2, 0.25) is 5.91 Å². The smallest absolute Gasteiger partial charge is 0.237 e. The monoisotopic (exact) mass is 328 g/mol. The Labute approximate surface area is 141 Å². The van der Waals surface area contributed by atoms with E-state index in [0.717, 1.165) is 5.56 Å². The van der Waals surface area contributed by atoms with E-state index in [1.807, 2.05) is 30.3 Å². The van der Waals surface area contributed by atoms with Crippen molar-refractivity contribution in [3.63, 3.8) is 0 Å². The Morgan fingerprint density at radius 3 is 2.29 bits per heavy atom. The van der Waals surface area contributed by atoms with Crippen molar-refractivity contribution in [1.82, 2.24) is 5.32 Å². The molecule has 2 aromatic rings. The van der Waals surface area contributed by atoms with Crippen molar-refractivity contribution in [2.45, 2.75) is 24.6 Å². The highest BCUT2D eigenvalue weighted by molar-refractivity contribution is 5.81. The number of carbonyl (C=O) groups is 1. The number of nitrogens with two attached hydrogens (primary N) is 3. The summed E-state index contributed by atoms with van der Waals surface area (Å²) in [5, 5.41) is 12.9. The Bertz CT molecular complexity index is 646. The number of anilines is 1. The molecule has 128 valence electrons. The van der Waals surface area contributed by atoms with Gasteiger partial charge in [0.05, 0.1) is 18.2 Å². The van der Waals surface area contributed by atoms with Crippen molar-refractivity contribution in [3.05, 3.63) is 65.7 Å². The third-order valence-electron chi connectivity index (χ3n) is 3.83. The fraction of sp³-hybridized carbons (Fsp3) is 0.278. The number of hydrogen-bond donors (Lipinski definition) is 5. The second-order valence-corrected chi connectivity index (χ2v) is 5.82. The molecule has 1 amide bonds. The second kappa shape index (κ2) is 8.44. The number of carbonyl (C=O) groups excluding carboxylic acids is 1. The molecule has 0 aliphatic heterocycles. The zero-order valence-electron chi connectivity index (χ0n) is 13.4. The van der Waals surface area contributed by atoms with Crippen LogP contribution in [0.15, 0.2) is 54.6 Å². The second-order valence-electron chi connectivity index (χ2n) is 5.82. The van der Waals surface area contributed by atoms with Crippen LogP contribution in [0.5, 0.6) is 0 Å². The van der Waals surface area contributed by atoms with Gasteiger partial charge in [-0.15, -0.1) is 0 Å². The standard InChI is InChI=1S/C18H24N4O2/c19-14-8-6-13(7-9-14)17(23)16(21)11-22-18(24)15(20)10-12-4-2-1-3-5-12/h1-9,15-17,23H,10-11,19-21H2,(H,22,24)/t15-,16+,17+/m1/s1. The zero-order valence-corrected chi connectivity index (χ0v) is 13.4. The highest BCUT2D eigenvalue weighted by Gasteiger charge is 2.20. The molecule has 0 aliphatic rings. The summed E-state index contributed by atoms with van der Waals surface area (Å²) in [5.41, 5.74) is 19.7. The first-order valence-corrected chi connectivity index (χ1v) is 7.83. The molecule has 0 heterocycles. The van der Waals surface area contributed by atoms with Crippen LogP contribution in [-0.4, -0.2) is 29.6 Å². The van der Waals surface area contributed by atoms with Gasteiger partial charge >= 0.3 is 0 Å². The first-order valence-electron chi connectivity index (χ1n) is 7.83. The number of aliphatic hydroxyl groups excluding tert-OH is 1. The summed E-state index contributed by atoms with van der Waals surface area (Å²) in [6, 6.07) is 15.1. The van der Waals surface area contributed by atoms with Crippen LogP contribution in [0, 0.1) is 0 Å². The Kier molecular flexibility index (Phi) is 6.31. The average molecular weight is 328 g/mol. The summed E-state index contributed by atoms with van der Waals surface area (Å²) in [4.78, 5) is 12.1. The number of amides is 1. The lowest BCUT2D eigenvalue weighted by atomic mass is 10.0. The van der Waals surface area contributed by atoms with Crippen molar-refractivity contribution in [3.8, 4) is 0 Å². The molecule has 0 aromatic heterocycles. The minimum Gasteiger partial charge on any atom is -0.399 e. The minimum absolute atomic E-state index is 0.132. The number of hydrogen-bond acceptors (Lipinski definition) is 5. The topological polar surface area (TPSA) is 127 Å². The van der Waals surface area contributed by atoms with Crippen molar-refractivity contribution < 1.29 is 9.90 Å². The van der Waals surface area contributed by atoms with Gasteiger partial charge in [-0.25, -0.2) is 0 Å². The number of aliphatic hydroxyl groups is 1. The quantitative estimate of drug-likeness (QED) is 0.468. The van der Waals surface area contributed by atoms with Gasteiger partial charge in [0.15, 0.2) is 0 Å². The minimum atomic E-state index is -0.892. The molecular weight excluding hydrogens is 304 g/mol. The normalized spacial score (nSPS) is 14.6. The fourth-order valence-corrected chi connectivity index (χ4v) is 2.36. The molecule has 0 saturated carbocycles. The Morgan fingerprint density at radius 2 is 1.67 bits per heavy atom. The summed E-state index contributed by atoms with van der Waals surface area (Å²) < 4.78 is 0. The lowest BCUT2D eigenvalue weighted by Crippen LogP contribution is -2.47. The van der Waals surface area contributed by atoms with Gasteiger partial charge in [-0.3, -0.25) is 4.79 Å². The summed E-state index contributed by atoms with van der Waals surface area (Å²) in [5.74, 6) is -0.293. The average Bonchev–Trinajstić information content (AvgIpc) is 2.60. The van der Waals surface area contributed by atoms with Crippen LogP contribution in [0.2, 0.25) is 0 Å². The SMILES string of the molecule is Nc1ccc([C@H](O)[C@@H](N)CNC(=O)[C@H](N)Cc2ccccc2)cc1. The lowest BCUT2D eigenvalue weighted by Gasteiger charge is -2.21. The molecule has 3 atom stereocenters. The molecule has 0 bridgehead atoms. The van der Waals surface area contributed by atoms with E-state index >= 15 is 0 Å². The molecule has 0 fully saturated rings. The first-order chi connectivity index (χ1) is 11.5. The number of nitrogen functional groups attached to an aromatic ring is 1. The van der Waals surface area contributed by atoms with Gasteiger partial charge in [-0.2, -0.15) is 0 Å². The molecule has 0 saturated heterocycles. The van der Waals surface area contributed by atoms with Crippen molar-refractivity contribution in [2.75, 3.05) is 12.3 Å². The van der Waals surface area contributed by atoms with E-state index in [-0.39, 0.29) is 12.5 Å². The molecule has 2 rings (SSSR count). The van der Waals surface area contributed by atoms with E-state index in [4.69, 9.17) is 17.2 Å². The molecular formula is C18H24N4O2. The van der Waals surface area contributed by atoms with E-state index in [1.54, 1.807) is 24.3 Å². The number of rotatable bonds is 7. The van der Waals surface area contributed by atoms with E-state index in [0.29, 0.717) is 17.7 Å². The zero-order chi connectivity index (χ0) is 17.5. The van der Waals surface area contributed by atoms with Crippen LogP contribution >= 0.6 is 0 Å². The van der Waals surface area contributed by atoms with Crippen LogP contribution in [-0.2, 0) is 11.2 Å². The molecule has 8 N–H and O–H groups in total. The lowest BCUT2D eigenvalue weighted by molar-refractivity contribution is -0.122. The highest BCUT2D eigenvalue weighted by atomic mass is 16.3. The fourth-order valence-electron chi connectivity index (χ4n) is 2.36. The van der Waals surface area contributed by atoms with E-state index in [1.165, 1.54) is 0 Å². The molecule has 0 unspecified atom stereocenters. The molecule has 6 heteroatoms. The van der Waals surface area contributed by atoms with Crippen LogP contribution in [0.3, 0.4) is 0 Å². The van der Waals surface area contributed by atoms with Gasteiger partial charge in [0.1, 0.15) is 0 Å². The van der Waals surface area contributed by atoms with Crippen LogP contribution in [0.25, 0.3) is 0 Å². The highest BCUT2D eigenvalue weighted by Crippen LogP contribution is 2.16. The van der Waals surface area contributed by atoms with Crippen molar-refractivity contribution >= 4 is 11.6 Å². The van der Waals surface area contributed by atoms with E-state index in [2.05, 4.69) is 5.32 Å². The predicted octanol–water partition coefficient (Wildman–Crippen LogP) is 0.316. The maximum absolute atomic E-state index is 12.1. The summed E-state index contributed by atoms with van der Waals surface area (Å²) in [7, 11) is 0. The van der Waals surface area contributed by atoms with Crippen LogP contribution in [0.1, 0.15) is 17.2 Å². The summed E-state index contributed by atoms with van der Waals surface area (Å²) in [6.07, 6.45) is -0.446. The third-order valence-corrected chi connectivity index (χ3v) is 3.83. The van der Waals surface area contributed by atoms with Gasteiger partial charge in [-0.1, -0.05) is 42.5 Å². The predicted molar refractivity (Wildman–Crippen MR) is 94.9 cm³/mol. The Balaban J connectivity index is 1.82. The van der Waals surface area contributed by atoms with Gasteiger partial charge in [0, 0.05) is 12.2 Å². The molecule has 2 aromatic carbocycles. The first kappa shape index (κ1) is 17.9.